The lowest BCUT2D eigenvalue weighted by Gasteiger charge is -2.28. The van der Waals surface area contributed by atoms with E-state index in [2.05, 4.69) is 6.92 Å². The van der Waals surface area contributed by atoms with Gasteiger partial charge in [-0.25, -0.2) is 0 Å². The van der Waals surface area contributed by atoms with Crippen LogP contribution in [-0.4, -0.2) is 13.3 Å². The van der Waals surface area contributed by atoms with E-state index in [0.717, 1.165) is 18.8 Å². The third-order valence-corrected chi connectivity index (χ3v) is 3.19. The maximum Gasteiger partial charge on any atom is 0.0950 e. The summed E-state index contributed by atoms with van der Waals surface area (Å²) in [6.45, 7) is 2.32. The summed E-state index contributed by atoms with van der Waals surface area (Å²) < 4.78 is 0. The summed E-state index contributed by atoms with van der Waals surface area (Å²) in [5.41, 5.74) is 5.62. The van der Waals surface area contributed by atoms with Gasteiger partial charge in [0.05, 0.1) is 7.85 Å². The van der Waals surface area contributed by atoms with Gasteiger partial charge in [-0.3, -0.25) is 0 Å². The van der Waals surface area contributed by atoms with Gasteiger partial charge in [0.25, 0.3) is 0 Å². The summed E-state index contributed by atoms with van der Waals surface area (Å²) in [7, 11) is 6.01. The monoisotopic (exact) mass is 179 g/mol. The minimum Gasteiger partial charge on any atom is -0.333 e. The molecule has 74 valence electrons. The van der Waals surface area contributed by atoms with Crippen molar-refractivity contribution in [1.29, 1.82) is 0 Å². The van der Waals surface area contributed by atoms with Crippen LogP contribution in [0.25, 0.3) is 0 Å². The first kappa shape index (κ1) is 11.1. The summed E-state index contributed by atoms with van der Waals surface area (Å²) in [6, 6.07) is 0. The van der Waals surface area contributed by atoms with Gasteiger partial charge in [0.1, 0.15) is 0 Å². The van der Waals surface area contributed by atoms with E-state index in [-0.39, 0.29) is 5.44 Å². The highest BCUT2D eigenvalue weighted by molar-refractivity contribution is 6.15. The molecule has 1 aliphatic rings. The minimum absolute atomic E-state index is 0.383. The molecule has 2 atom stereocenters. The maximum absolute atomic E-state index is 6.01. The predicted octanol–water partition coefficient (Wildman–Crippen LogP) is 2.58. The van der Waals surface area contributed by atoms with Crippen molar-refractivity contribution in [3.63, 3.8) is 0 Å². The highest BCUT2D eigenvalue weighted by atomic mass is 14.7. The molecule has 2 radical (unpaired) electrons. The highest BCUT2D eigenvalue weighted by Crippen LogP contribution is 2.24. The Balaban J connectivity index is 2.37. The Kier molecular flexibility index (Phi) is 4.31. The van der Waals surface area contributed by atoms with E-state index in [9.17, 15) is 0 Å². The Morgan fingerprint density at radius 3 is 2.54 bits per heavy atom. The van der Waals surface area contributed by atoms with Crippen LogP contribution in [0, 0.1) is 5.92 Å². The van der Waals surface area contributed by atoms with Crippen LogP contribution in [0.1, 0.15) is 58.3 Å². The second kappa shape index (κ2) is 5.04. The van der Waals surface area contributed by atoms with Gasteiger partial charge in [-0.1, -0.05) is 39.0 Å². The molecule has 1 rings (SSSR count). The molecule has 0 heterocycles. The van der Waals surface area contributed by atoms with Crippen molar-refractivity contribution in [2.45, 2.75) is 63.7 Å². The molecule has 0 spiro atoms. The van der Waals surface area contributed by atoms with Gasteiger partial charge in [-0.05, 0) is 30.6 Å². The first-order valence-electron chi connectivity index (χ1n) is 5.68. The number of nitrogens with two attached hydrogens (primary N) is 1. The van der Waals surface area contributed by atoms with Crippen molar-refractivity contribution in [3.8, 4) is 0 Å². The van der Waals surface area contributed by atoms with Crippen LogP contribution < -0.4 is 5.73 Å². The van der Waals surface area contributed by atoms with E-state index in [1.807, 2.05) is 0 Å². The first-order valence-corrected chi connectivity index (χ1v) is 5.68. The molecular weight excluding hydrogens is 157 g/mol. The fourth-order valence-electron chi connectivity index (χ4n) is 2.08. The van der Waals surface area contributed by atoms with Gasteiger partial charge in [-0.2, -0.15) is 0 Å². The molecule has 0 amide bonds. The fraction of sp³-hybridized carbons (Fsp3) is 1.00. The average molecular weight is 179 g/mol. The lowest BCUT2D eigenvalue weighted by atomic mass is 9.70. The maximum atomic E-state index is 6.01. The zero-order valence-corrected chi connectivity index (χ0v) is 8.89. The van der Waals surface area contributed by atoms with Crippen LogP contribution in [0.4, 0.5) is 0 Å². The fourth-order valence-corrected chi connectivity index (χ4v) is 2.08. The Bertz CT molecular complexity index is 145. The molecule has 0 aromatic rings. The lowest BCUT2D eigenvalue weighted by Crippen LogP contribution is -2.40. The molecule has 0 aromatic carbocycles. The van der Waals surface area contributed by atoms with Crippen molar-refractivity contribution in [3.05, 3.63) is 0 Å². The van der Waals surface area contributed by atoms with Crippen LogP contribution in [0.2, 0.25) is 0 Å². The second-order valence-electron chi connectivity index (χ2n) is 4.83. The minimum atomic E-state index is -0.383. The zero-order chi connectivity index (χ0) is 9.73. The van der Waals surface area contributed by atoms with E-state index in [0.29, 0.717) is 0 Å². The van der Waals surface area contributed by atoms with E-state index in [4.69, 9.17) is 13.6 Å². The van der Waals surface area contributed by atoms with Crippen molar-refractivity contribution in [2.75, 3.05) is 0 Å². The highest BCUT2D eigenvalue weighted by Gasteiger charge is 2.19. The molecule has 2 unspecified atom stereocenters. The van der Waals surface area contributed by atoms with Crippen LogP contribution in [0.15, 0.2) is 0 Å². The van der Waals surface area contributed by atoms with E-state index in [1.165, 1.54) is 38.5 Å². The molecule has 13 heavy (non-hydrogen) atoms. The lowest BCUT2D eigenvalue weighted by molar-refractivity contribution is 0.367. The van der Waals surface area contributed by atoms with Crippen molar-refractivity contribution in [2.24, 2.45) is 11.7 Å². The van der Waals surface area contributed by atoms with E-state index >= 15 is 0 Å². The van der Waals surface area contributed by atoms with Crippen LogP contribution in [-0.2, 0) is 0 Å². The summed E-state index contributed by atoms with van der Waals surface area (Å²) in [4.78, 5) is 0. The topological polar surface area (TPSA) is 26.0 Å². The predicted molar refractivity (Wildman–Crippen MR) is 58.8 cm³/mol. The molecule has 1 aliphatic carbocycles. The van der Waals surface area contributed by atoms with Crippen LogP contribution >= 0.6 is 0 Å². The molecule has 0 saturated heterocycles. The van der Waals surface area contributed by atoms with Gasteiger partial charge in [0, 0.05) is 0 Å². The molecular formula is C11H22BN. The molecule has 1 nitrogen and oxygen atoms in total. The van der Waals surface area contributed by atoms with Crippen LogP contribution in [0.3, 0.4) is 0 Å². The third kappa shape index (κ3) is 4.71. The largest absolute Gasteiger partial charge is 0.333 e. The summed E-state index contributed by atoms with van der Waals surface area (Å²) in [5.74, 6) is 0.810. The first-order chi connectivity index (χ1) is 6.10. The van der Waals surface area contributed by atoms with Crippen molar-refractivity contribution >= 4 is 7.85 Å². The molecule has 1 fully saturated rings. The molecule has 1 saturated carbocycles. The average Bonchev–Trinajstić information content (AvgIpc) is 2.07. The van der Waals surface area contributed by atoms with Crippen LogP contribution in [0.5, 0.6) is 0 Å². The number of rotatable bonds is 0. The molecule has 0 aliphatic heterocycles. The summed E-state index contributed by atoms with van der Waals surface area (Å²) in [6.07, 6.45) is 9.82. The van der Waals surface area contributed by atoms with Gasteiger partial charge in [0.2, 0.25) is 0 Å². The van der Waals surface area contributed by atoms with Gasteiger partial charge in [0.15, 0.2) is 0 Å². The Labute approximate surface area is 83.9 Å². The SMILES string of the molecule is [B]C1(N)CCCCCCC(C)CC1. The Hall–Kier alpha value is 0.0249. The summed E-state index contributed by atoms with van der Waals surface area (Å²) in [5, 5.41) is 0. The Morgan fingerprint density at radius 2 is 1.77 bits per heavy atom. The molecule has 2 heteroatoms. The molecule has 0 bridgehead atoms. The second-order valence-corrected chi connectivity index (χ2v) is 4.83. The third-order valence-electron chi connectivity index (χ3n) is 3.19. The standard InChI is InChI=1S/C11H22BN/c1-10-6-4-2-3-5-8-11(12,13)9-7-10/h10H,2-9,13H2,1H3. The normalized spacial score (nSPS) is 38.5. The number of hydrogen-bond donors (Lipinski definition) is 1. The van der Waals surface area contributed by atoms with Crippen molar-refractivity contribution < 1.29 is 0 Å². The quantitative estimate of drug-likeness (QED) is 0.568. The molecule has 0 aromatic heterocycles. The van der Waals surface area contributed by atoms with Gasteiger partial charge < -0.3 is 5.73 Å². The molecule has 2 N–H and O–H groups in total. The van der Waals surface area contributed by atoms with E-state index < -0.39 is 0 Å². The Morgan fingerprint density at radius 1 is 1.08 bits per heavy atom. The van der Waals surface area contributed by atoms with E-state index in [1.54, 1.807) is 0 Å². The van der Waals surface area contributed by atoms with Crippen molar-refractivity contribution in [1.82, 2.24) is 0 Å². The smallest absolute Gasteiger partial charge is 0.0950 e. The number of hydrogen-bond acceptors (Lipinski definition) is 1. The van der Waals surface area contributed by atoms with Gasteiger partial charge >= 0.3 is 0 Å². The summed E-state index contributed by atoms with van der Waals surface area (Å²) >= 11 is 0. The van der Waals surface area contributed by atoms with Gasteiger partial charge in [-0.15, -0.1) is 0 Å². The zero-order valence-electron chi connectivity index (χ0n) is 8.89.